The number of benzene rings is 3. The van der Waals surface area contributed by atoms with E-state index in [9.17, 15) is 9.59 Å². The maximum atomic E-state index is 14.0. The monoisotopic (exact) mass is 426 g/mol. The summed E-state index contributed by atoms with van der Waals surface area (Å²) in [5.41, 5.74) is 6.69. The molecule has 1 aliphatic rings. The highest BCUT2D eigenvalue weighted by Gasteiger charge is 2.42. The average Bonchev–Trinajstić information content (AvgIpc) is 2.76. The van der Waals surface area contributed by atoms with Crippen molar-refractivity contribution in [2.45, 2.75) is 46.6 Å². The van der Waals surface area contributed by atoms with Crippen molar-refractivity contribution in [3.8, 4) is 0 Å². The number of para-hydroxylation sites is 1. The third-order valence-corrected chi connectivity index (χ3v) is 6.26. The molecule has 2 amide bonds. The lowest BCUT2D eigenvalue weighted by atomic mass is 9.95. The Balaban J connectivity index is 1.84. The number of nitrogens with zero attached hydrogens (tertiary/aromatic N) is 2. The normalized spacial score (nSPS) is 16.8. The van der Waals surface area contributed by atoms with Gasteiger partial charge < -0.3 is 4.90 Å². The zero-order chi connectivity index (χ0) is 23.0. The molecule has 0 saturated carbocycles. The van der Waals surface area contributed by atoms with Crippen LogP contribution in [0.5, 0.6) is 0 Å². The zero-order valence-corrected chi connectivity index (χ0v) is 19.4. The number of hydrogen-bond donors (Lipinski definition) is 0. The highest BCUT2D eigenvalue weighted by atomic mass is 16.2. The summed E-state index contributed by atoms with van der Waals surface area (Å²) in [5, 5.41) is 0. The van der Waals surface area contributed by atoms with E-state index in [1.54, 1.807) is 9.80 Å². The minimum Gasteiger partial charge on any atom is -0.300 e. The standard InChI is InChI=1S/C28H30N2O2/c1-18(2)22-11-13-23(14-12-22)27-28(32)29(26-20(4)7-6-8-21(26)5)17-25(31)30(27)24-15-9-19(3)10-16-24/h6-16,18,27H,17H2,1-5H3. The van der Waals surface area contributed by atoms with Gasteiger partial charge in [-0.15, -0.1) is 0 Å². The number of hydrogen-bond acceptors (Lipinski definition) is 2. The molecule has 1 fully saturated rings. The van der Waals surface area contributed by atoms with Gasteiger partial charge in [0, 0.05) is 5.69 Å². The molecule has 3 aromatic rings. The number of anilines is 2. The Bertz CT molecular complexity index is 1130. The highest BCUT2D eigenvalue weighted by Crippen LogP contribution is 2.37. The Kier molecular flexibility index (Phi) is 5.88. The van der Waals surface area contributed by atoms with E-state index in [0.717, 1.165) is 33.6 Å². The minimum absolute atomic E-state index is 0.0268. The second kappa shape index (κ2) is 8.62. The zero-order valence-electron chi connectivity index (χ0n) is 19.4. The van der Waals surface area contributed by atoms with Gasteiger partial charge in [0.15, 0.2) is 0 Å². The Morgan fingerprint density at radius 3 is 1.97 bits per heavy atom. The molecule has 0 spiro atoms. The van der Waals surface area contributed by atoms with Crippen molar-refractivity contribution in [3.05, 3.63) is 94.5 Å². The van der Waals surface area contributed by atoms with E-state index >= 15 is 0 Å². The number of aryl methyl sites for hydroxylation is 3. The Hall–Kier alpha value is -3.40. The van der Waals surface area contributed by atoms with Crippen molar-refractivity contribution in [1.82, 2.24) is 0 Å². The summed E-state index contributed by atoms with van der Waals surface area (Å²) in [6.45, 7) is 10.3. The third kappa shape index (κ3) is 3.93. The molecule has 4 rings (SSSR count). The minimum atomic E-state index is -0.709. The lowest BCUT2D eigenvalue weighted by molar-refractivity contribution is -0.128. The van der Waals surface area contributed by atoms with Gasteiger partial charge in [0.05, 0.1) is 5.69 Å². The summed E-state index contributed by atoms with van der Waals surface area (Å²) in [5.74, 6) is 0.223. The van der Waals surface area contributed by atoms with Crippen LogP contribution in [0.25, 0.3) is 0 Å². The molecule has 0 N–H and O–H groups in total. The van der Waals surface area contributed by atoms with E-state index in [2.05, 4.69) is 26.0 Å². The first-order valence-corrected chi connectivity index (χ1v) is 11.1. The average molecular weight is 427 g/mol. The topological polar surface area (TPSA) is 40.6 Å². The molecule has 4 heteroatoms. The fourth-order valence-corrected chi connectivity index (χ4v) is 4.47. The molecule has 1 aliphatic heterocycles. The summed E-state index contributed by atoms with van der Waals surface area (Å²) in [6.07, 6.45) is 0. The second-order valence-corrected chi connectivity index (χ2v) is 8.99. The first-order valence-electron chi connectivity index (χ1n) is 11.1. The van der Waals surface area contributed by atoms with Crippen molar-refractivity contribution < 1.29 is 9.59 Å². The molecule has 1 saturated heterocycles. The molecule has 0 aliphatic carbocycles. The molecule has 0 aromatic heterocycles. The van der Waals surface area contributed by atoms with E-state index in [-0.39, 0.29) is 18.4 Å². The lowest BCUT2D eigenvalue weighted by Gasteiger charge is -2.41. The van der Waals surface area contributed by atoms with Gasteiger partial charge in [-0.2, -0.15) is 0 Å². The molecule has 1 atom stereocenters. The second-order valence-electron chi connectivity index (χ2n) is 8.99. The molecular formula is C28H30N2O2. The molecule has 1 unspecified atom stereocenters. The Morgan fingerprint density at radius 1 is 0.812 bits per heavy atom. The van der Waals surface area contributed by atoms with Gasteiger partial charge in [0.25, 0.3) is 5.91 Å². The predicted octanol–water partition coefficient (Wildman–Crippen LogP) is 5.86. The first-order chi connectivity index (χ1) is 15.3. The summed E-state index contributed by atoms with van der Waals surface area (Å²) < 4.78 is 0. The van der Waals surface area contributed by atoms with Gasteiger partial charge in [0.1, 0.15) is 12.6 Å². The van der Waals surface area contributed by atoms with E-state index in [4.69, 9.17) is 0 Å². The number of rotatable bonds is 4. The van der Waals surface area contributed by atoms with Crippen molar-refractivity contribution in [3.63, 3.8) is 0 Å². The van der Waals surface area contributed by atoms with Crippen LogP contribution in [0.4, 0.5) is 11.4 Å². The van der Waals surface area contributed by atoms with Crippen LogP contribution in [0.15, 0.2) is 66.7 Å². The summed E-state index contributed by atoms with van der Waals surface area (Å²) in [6, 6.07) is 21.1. The summed E-state index contributed by atoms with van der Waals surface area (Å²) >= 11 is 0. The van der Waals surface area contributed by atoms with Crippen LogP contribution in [0, 0.1) is 20.8 Å². The van der Waals surface area contributed by atoms with Crippen LogP contribution in [-0.2, 0) is 9.59 Å². The predicted molar refractivity (Wildman–Crippen MR) is 130 cm³/mol. The van der Waals surface area contributed by atoms with Crippen molar-refractivity contribution >= 4 is 23.2 Å². The first kappa shape index (κ1) is 21.8. The smallest absolute Gasteiger partial charge is 0.255 e. The van der Waals surface area contributed by atoms with Crippen molar-refractivity contribution in [2.24, 2.45) is 0 Å². The van der Waals surface area contributed by atoms with Crippen LogP contribution in [0.1, 0.15) is 53.6 Å². The number of carbonyl (C=O) groups is 2. The van der Waals surface area contributed by atoms with Gasteiger partial charge in [-0.1, -0.05) is 74.0 Å². The van der Waals surface area contributed by atoms with Crippen LogP contribution in [0.2, 0.25) is 0 Å². The summed E-state index contributed by atoms with van der Waals surface area (Å²) in [7, 11) is 0. The maximum Gasteiger partial charge on any atom is 0.255 e. The van der Waals surface area contributed by atoms with Crippen molar-refractivity contribution in [1.29, 1.82) is 0 Å². The molecular weight excluding hydrogens is 396 g/mol. The number of carbonyl (C=O) groups excluding carboxylic acids is 2. The fraction of sp³-hybridized carbons (Fsp3) is 0.286. The van der Waals surface area contributed by atoms with Gasteiger partial charge in [0.2, 0.25) is 5.91 Å². The molecule has 0 bridgehead atoms. The van der Waals surface area contributed by atoms with E-state index in [0.29, 0.717) is 5.92 Å². The summed E-state index contributed by atoms with van der Waals surface area (Å²) in [4.78, 5) is 30.8. The molecule has 1 heterocycles. The van der Waals surface area contributed by atoms with Crippen LogP contribution in [-0.4, -0.2) is 18.4 Å². The largest absolute Gasteiger partial charge is 0.300 e. The third-order valence-electron chi connectivity index (χ3n) is 6.26. The Morgan fingerprint density at radius 2 is 1.41 bits per heavy atom. The van der Waals surface area contributed by atoms with Crippen LogP contribution < -0.4 is 9.80 Å². The maximum absolute atomic E-state index is 14.0. The highest BCUT2D eigenvalue weighted by molar-refractivity contribution is 6.15. The quantitative estimate of drug-likeness (QED) is 0.524. The lowest BCUT2D eigenvalue weighted by Crippen LogP contribution is -2.56. The molecule has 32 heavy (non-hydrogen) atoms. The molecule has 4 nitrogen and oxygen atoms in total. The molecule has 0 radical (unpaired) electrons. The van der Waals surface area contributed by atoms with E-state index < -0.39 is 6.04 Å². The fourth-order valence-electron chi connectivity index (χ4n) is 4.47. The van der Waals surface area contributed by atoms with Gasteiger partial charge in [-0.3, -0.25) is 14.5 Å². The van der Waals surface area contributed by atoms with E-state index in [1.165, 1.54) is 5.56 Å². The Labute approximate surface area is 190 Å². The van der Waals surface area contributed by atoms with Crippen LogP contribution in [0.3, 0.4) is 0 Å². The van der Waals surface area contributed by atoms with E-state index in [1.807, 2.05) is 75.4 Å². The number of piperazine rings is 1. The van der Waals surface area contributed by atoms with Gasteiger partial charge in [-0.05, 0) is 61.1 Å². The molecule has 3 aromatic carbocycles. The van der Waals surface area contributed by atoms with Crippen molar-refractivity contribution in [2.75, 3.05) is 16.3 Å². The van der Waals surface area contributed by atoms with Crippen LogP contribution >= 0.6 is 0 Å². The SMILES string of the molecule is Cc1ccc(N2C(=O)CN(c3c(C)cccc3C)C(=O)C2c2ccc(C(C)C)cc2)cc1. The molecule has 164 valence electrons. The van der Waals surface area contributed by atoms with Gasteiger partial charge in [-0.25, -0.2) is 0 Å². The van der Waals surface area contributed by atoms with Gasteiger partial charge >= 0.3 is 0 Å². The number of amides is 2.